The van der Waals surface area contributed by atoms with Crippen molar-refractivity contribution < 1.29 is 82.5 Å². The van der Waals surface area contributed by atoms with E-state index in [4.69, 9.17) is 19.7 Å². The number of thiophene rings is 2. The number of benzene rings is 15. The molecule has 16 heterocycles. The van der Waals surface area contributed by atoms with E-state index in [9.17, 15) is 4.79 Å². The number of aliphatic hydroxyl groups is 1. The van der Waals surface area contributed by atoms with Crippen LogP contribution >= 0.6 is 22.7 Å². The Labute approximate surface area is 909 Å². The molecule has 722 valence electrons. The van der Waals surface area contributed by atoms with Gasteiger partial charge in [0, 0.05) is 177 Å². The minimum absolute atomic E-state index is 0. The largest absolute Gasteiger partial charge is 0.512 e. The summed E-state index contributed by atoms with van der Waals surface area (Å²) >= 11 is 3.73. The zero-order chi connectivity index (χ0) is 105. The molecule has 0 aliphatic carbocycles. The summed E-state index contributed by atoms with van der Waals surface area (Å²) in [4.78, 5) is 28.0. The van der Waals surface area contributed by atoms with Crippen molar-refractivity contribution in [3.8, 4) is 95.9 Å². The smallest absolute Gasteiger partial charge is 0.331 e. The maximum Gasteiger partial charge on any atom is 0.331 e. The van der Waals surface area contributed by atoms with Gasteiger partial charge in [0.25, 0.3) is 5.65 Å². The number of rotatable bonds is 6. The maximum atomic E-state index is 10.0. The van der Waals surface area contributed by atoms with Gasteiger partial charge in [-0.3, -0.25) is 9.78 Å². The third-order valence-electron chi connectivity index (χ3n) is 26.6. The molecule has 0 amide bonds. The minimum atomic E-state index is -0.344. The number of fused-ring (bicyclic) bond motifs is 26. The molecule has 15 aromatic carbocycles. The number of aryl methyl sites for hydroxylation is 1. The number of aromatic nitrogens is 11. The van der Waals surface area contributed by atoms with Crippen molar-refractivity contribution in [2.45, 2.75) is 53.5 Å². The normalized spacial score (nSPS) is 12.4. The molecule has 5 aliphatic rings. The van der Waals surface area contributed by atoms with Crippen molar-refractivity contribution in [3.63, 3.8) is 0 Å². The number of nitrogens with zero attached hydrogens (tertiary/aromatic N) is 11. The molecule has 149 heavy (non-hydrogen) atoms. The first-order valence-electron chi connectivity index (χ1n) is 52.3. The maximum absolute atomic E-state index is 10.0. The van der Waals surface area contributed by atoms with E-state index in [0.717, 1.165) is 88.3 Å². The third-order valence-corrected chi connectivity index (χ3v) is 29.0. The second kappa shape index (κ2) is 44.5. The van der Waals surface area contributed by atoms with Gasteiger partial charge in [0.15, 0.2) is 60.7 Å². The molecular formula is C132H99Ir2N11O2S2+2. The number of carbonyl (C=O) groups is 1. The van der Waals surface area contributed by atoms with Crippen LogP contribution in [0.3, 0.4) is 0 Å². The van der Waals surface area contributed by atoms with Crippen LogP contribution in [0.1, 0.15) is 57.0 Å². The van der Waals surface area contributed by atoms with E-state index in [2.05, 4.69) is 346 Å². The molecule has 0 saturated heterocycles. The Morgan fingerprint density at radius 2 is 0.987 bits per heavy atom. The molecule has 5 aliphatic heterocycles. The molecule has 0 saturated carbocycles. The van der Waals surface area contributed by atoms with Crippen LogP contribution in [-0.4, -0.2) is 39.8 Å². The van der Waals surface area contributed by atoms with E-state index in [0.29, 0.717) is 5.56 Å². The van der Waals surface area contributed by atoms with Crippen molar-refractivity contribution in [1.29, 1.82) is 0 Å². The minimum Gasteiger partial charge on any atom is -0.512 e. The number of hydrogen-bond donors (Lipinski definition) is 1. The first-order chi connectivity index (χ1) is 75.4. The van der Waals surface area contributed by atoms with Gasteiger partial charge in [0.1, 0.15) is 18.6 Å². The topological polar surface area (TPSA) is 118 Å². The molecule has 26 aromatic rings. The van der Waals surface area contributed by atoms with Gasteiger partial charge in [-0.1, -0.05) is 236 Å². The van der Waals surface area contributed by atoms with Gasteiger partial charge < -0.3 is 19.6 Å². The number of hydrogen-bond acceptors (Lipinski definition) is 8. The molecule has 0 atom stereocenters. The molecule has 0 spiro atoms. The van der Waals surface area contributed by atoms with Crippen LogP contribution in [0.15, 0.2) is 486 Å². The SMILES string of the molecule is CC(=O)C=C(C)O.Cc1cc[n+]2c(n1)-c1ccccc1C2.[2H]c1c[n+]2c(c([2H])c1[2H])-c1c([2H])c([2H])c([2H])c([2H])c1C2.[Ir].[Ir].[c-]1ccc2c(sc3ccccc32)c1-c1ccccn1.[c-]1ccccc1-c1ccccn1.[c-]1ccccc1-c1nc2ccccc2n1-c1ccccc1.c1cc2c3c(c1)c1ccccc1n1c4ccccc4[n+](c31)C2.c1cc[n+]2c(c1)-c1c(ccc3c1sc1ccccc13)C2.c1ccc(-c2ccc3c(c2)-c2cccc[n+]2C3)cc1. The van der Waals surface area contributed by atoms with Gasteiger partial charge in [-0.05, 0) is 155 Å². The fraction of sp³-hybridized carbons (Fsp3) is 0.0606. The summed E-state index contributed by atoms with van der Waals surface area (Å²) in [6, 6.07) is 145. The summed E-state index contributed by atoms with van der Waals surface area (Å²) in [5.41, 5.74) is 30.5. The number of carbonyl (C=O) groups excluding carboxylic acids is 1. The summed E-state index contributed by atoms with van der Waals surface area (Å²) in [6.45, 7) is 8.98. The van der Waals surface area contributed by atoms with E-state index < -0.39 is 0 Å². The first kappa shape index (κ1) is 89.6. The number of allylic oxidation sites excluding steroid dienone is 2. The van der Waals surface area contributed by atoms with Crippen LogP contribution in [-0.2, 0) is 77.7 Å². The van der Waals surface area contributed by atoms with E-state index in [1.165, 1.54) is 166 Å². The second-order valence-corrected chi connectivity index (χ2v) is 38.1. The van der Waals surface area contributed by atoms with Crippen LogP contribution in [0, 0.1) is 25.1 Å². The van der Waals surface area contributed by atoms with Crippen LogP contribution in [0.25, 0.3) is 186 Å². The van der Waals surface area contributed by atoms with Crippen molar-refractivity contribution in [1.82, 2.24) is 28.9 Å². The van der Waals surface area contributed by atoms with Crippen molar-refractivity contribution in [2.24, 2.45) is 0 Å². The summed E-state index contributed by atoms with van der Waals surface area (Å²) in [5.74, 6) is 1.95. The zero-order valence-corrected chi connectivity index (χ0v) is 87.8. The first-order valence-corrected chi connectivity index (χ1v) is 50.4. The fourth-order valence-electron chi connectivity index (χ4n) is 20.0. The molecule has 31 rings (SSSR count). The standard InChI is InChI=1S/C20H13N2.C19H13N2.C18H12NS.C18H14N.C17H10NS.C12H11N2.C12H10N.C11H8N.C5H8O2.2Ir/c1-2-9-16-14(7-1)15-8-5-6-13-12-21-17-10-3-4-11-18(17)22(16)20(21)19(13)15;1-3-9-15(10-4-1)19-20-17-13-7-8-14-18(17)21(19)16-11-5-2-6-12-16;1-2-7-16-13(5-1)14-9-8-12-11-19-10-4-3-6-15(19)17(12)18(14)20-16;1-2-6-14(7-3-1)15-9-10-16-13-19-11-5-4-8-18(19)17(16)12-15;1-2-10-16-12(6-1)13-7-5-8-14(17(13)19-16)15-9-3-4-11-18-15;1-9-6-7-14-8-10-4-2-3-5-11(10)12(14)13-9;1-2-6-11-10(5-1)9-13-8-4-3-7-12(11)13;1-2-6-10(7-3-1)11-8-4-5-9-12-11;1-4(6)3-5(2)7;;/h1-11H,12H2;1-9,11-14H;1-10H,11H2;1-12H,13H2;1-7,9-11H;2-7H,8H2,1H3;1-8H,9H2;1-6,8-9H;3,6H,1-2H3;;/q+1;-1;2*+1;-1;2*+1;-1;;;/i;;;;;;1D,2D,3D,4D,5D,6D,7D;;;;. The van der Waals surface area contributed by atoms with E-state index in [1.54, 1.807) is 10.8 Å². The molecule has 1 N–H and O–H groups in total. The number of imidazole rings is 2. The summed E-state index contributed by atoms with van der Waals surface area (Å²) in [5, 5.41) is 17.9. The Hall–Kier alpha value is -17.0. The van der Waals surface area contributed by atoms with Crippen LogP contribution < -0.4 is 22.8 Å². The van der Waals surface area contributed by atoms with E-state index >= 15 is 0 Å². The summed E-state index contributed by atoms with van der Waals surface area (Å²) in [7, 11) is 0. The average molecular weight is 2330 g/mol. The van der Waals surface area contributed by atoms with Gasteiger partial charge in [0.2, 0.25) is 17.1 Å². The monoisotopic (exact) mass is 2330 g/mol. The molecule has 0 fully saturated rings. The van der Waals surface area contributed by atoms with Crippen LogP contribution in [0.2, 0.25) is 0 Å². The number of para-hydroxylation sites is 6. The Balaban J connectivity index is 0.000000103. The Morgan fingerprint density at radius 1 is 0.403 bits per heavy atom. The molecule has 11 aromatic heterocycles. The second-order valence-electron chi connectivity index (χ2n) is 36.0. The molecule has 17 heteroatoms. The molecule has 2 radical (unpaired) electrons. The Bertz CT molecular complexity index is 9860. The number of pyridine rings is 6. The summed E-state index contributed by atoms with van der Waals surface area (Å²) < 4.78 is 75.4. The Kier molecular flexibility index (Phi) is 26.8. The fourth-order valence-corrected chi connectivity index (χ4v) is 22.5. The van der Waals surface area contributed by atoms with Crippen molar-refractivity contribution in [2.75, 3.05) is 0 Å². The average Bonchev–Trinajstić information content (AvgIpc) is 1.53. The van der Waals surface area contributed by atoms with E-state index in [1.807, 2.05) is 163 Å². The zero-order valence-electron chi connectivity index (χ0n) is 88.4. The van der Waals surface area contributed by atoms with Gasteiger partial charge >= 0.3 is 5.82 Å². The number of ketones is 1. The molecular weight excluding hydrogens is 2220 g/mol. The molecule has 13 nitrogen and oxygen atoms in total. The van der Waals surface area contributed by atoms with Crippen LogP contribution in [0.5, 0.6) is 0 Å². The third kappa shape index (κ3) is 20.3. The molecule has 0 bridgehead atoms. The summed E-state index contributed by atoms with van der Waals surface area (Å²) in [6.07, 6.45) is 12.6. The predicted octanol–water partition coefficient (Wildman–Crippen LogP) is 28.8. The molecule has 0 unspecified atom stereocenters. The predicted molar refractivity (Wildman–Crippen MR) is 597 cm³/mol. The number of aliphatic hydroxyl groups excluding tert-OH is 1. The van der Waals surface area contributed by atoms with Gasteiger partial charge in [-0.15, -0.1) is 107 Å². The van der Waals surface area contributed by atoms with Gasteiger partial charge in [0.05, 0.1) is 66.0 Å². The quantitative estimate of drug-likeness (QED) is 0.0583. The van der Waals surface area contributed by atoms with Crippen molar-refractivity contribution >= 4 is 118 Å². The van der Waals surface area contributed by atoms with Gasteiger partial charge in [-0.25, -0.2) is 9.13 Å². The van der Waals surface area contributed by atoms with E-state index in [-0.39, 0.29) is 112 Å². The Morgan fingerprint density at radius 3 is 1.72 bits per heavy atom. The van der Waals surface area contributed by atoms with Crippen LogP contribution in [0.4, 0.5) is 0 Å². The van der Waals surface area contributed by atoms with Gasteiger partial charge in [-0.2, -0.15) is 29.4 Å². The van der Waals surface area contributed by atoms with Crippen molar-refractivity contribution in [3.05, 3.63) is 537 Å².